The summed E-state index contributed by atoms with van der Waals surface area (Å²) in [5.74, 6) is -0.931. The summed E-state index contributed by atoms with van der Waals surface area (Å²) in [5, 5.41) is 3.19. The predicted molar refractivity (Wildman–Crippen MR) is 62.9 cm³/mol. The molecule has 2 aromatic rings. The van der Waals surface area contributed by atoms with Crippen molar-refractivity contribution in [2.24, 2.45) is 0 Å². The second-order valence-corrected chi connectivity index (χ2v) is 3.79. The zero-order valence-corrected chi connectivity index (χ0v) is 9.51. The molecule has 1 N–H and O–H groups in total. The molecule has 0 fully saturated rings. The van der Waals surface area contributed by atoms with Gasteiger partial charge >= 0.3 is 0 Å². The summed E-state index contributed by atoms with van der Waals surface area (Å²) in [4.78, 5) is 3.87. The van der Waals surface area contributed by atoms with Crippen molar-refractivity contribution in [2.45, 2.75) is 6.54 Å². The highest BCUT2D eigenvalue weighted by molar-refractivity contribution is 6.31. The summed E-state index contributed by atoms with van der Waals surface area (Å²) in [6.07, 6.45) is 1.55. The Labute approximate surface area is 102 Å². The molecular weight excluding hydrogens is 246 g/mol. The Morgan fingerprint density at radius 3 is 2.82 bits per heavy atom. The van der Waals surface area contributed by atoms with Gasteiger partial charge in [0.15, 0.2) is 5.15 Å². The van der Waals surface area contributed by atoms with E-state index in [1.54, 1.807) is 18.3 Å². The van der Waals surface area contributed by atoms with Crippen molar-refractivity contribution in [1.29, 1.82) is 0 Å². The lowest BCUT2D eigenvalue weighted by molar-refractivity contribution is 0.587. The Kier molecular flexibility index (Phi) is 3.54. The monoisotopic (exact) mass is 254 g/mol. The molecule has 2 rings (SSSR count). The molecule has 0 saturated carbocycles. The van der Waals surface area contributed by atoms with E-state index in [1.165, 1.54) is 0 Å². The maximum absolute atomic E-state index is 13.3. The van der Waals surface area contributed by atoms with Crippen molar-refractivity contribution in [2.75, 3.05) is 5.32 Å². The molecule has 1 aromatic heterocycles. The van der Waals surface area contributed by atoms with Crippen LogP contribution in [0.15, 0.2) is 36.5 Å². The zero-order valence-electron chi connectivity index (χ0n) is 8.75. The van der Waals surface area contributed by atoms with Crippen LogP contribution in [0.4, 0.5) is 14.5 Å². The molecule has 0 saturated heterocycles. The van der Waals surface area contributed by atoms with Crippen LogP contribution >= 0.6 is 11.6 Å². The largest absolute Gasteiger partial charge is 0.378 e. The number of rotatable bonds is 3. The van der Waals surface area contributed by atoms with E-state index in [2.05, 4.69) is 10.3 Å². The van der Waals surface area contributed by atoms with E-state index in [4.69, 9.17) is 11.6 Å². The second kappa shape index (κ2) is 5.10. The zero-order chi connectivity index (χ0) is 12.3. The van der Waals surface area contributed by atoms with Gasteiger partial charge in [0.05, 0.1) is 5.69 Å². The van der Waals surface area contributed by atoms with Crippen LogP contribution in [0.2, 0.25) is 5.15 Å². The second-order valence-electron chi connectivity index (χ2n) is 3.43. The summed E-state index contributed by atoms with van der Waals surface area (Å²) >= 11 is 5.82. The van der Waals surface area contributed by atoms with Gasteiger partial charge in [0.25, 0.3) is 0 Å². The summed E-state index contributed by atoms with van der Waals surface area (Å²) in [6.45, 7) is 0.148. The number of halogens is 3. The maximum atomic E-state index is 13.3. The van der Waals surface area contributed by atoms with Gasteiger partial charge in [0.2, 0.25) is 0 Å². The van der Waals surface area contributed by atoms with E-state index in [-0.39, 0.29) is 12.1 Å². The minimum Gasteiger partial charge on any atom is -0.378 e. The van der Waals surface area contributed by atoms with Gasteiger partial charge < -0.3 is 5.32 Å². The Balaban J connectivity index is 2.12. The van der Waals surface area contributed by atoms with Gasteiger partial charge in [-0.25, -0.2) is 13.8 Å². The molecule has 88 valence electrons. The number of pyridine rings is 1. The molecule has 2 nitrogen and oxygen atoms in total. The highest BCUT2D eigenvalue weighted by Gasteiger charge is 2.05. The molecule has 1 heterocycles. The number of aromatic nitrogens is 1. The van der Waals surface area contributed by atoms with Gasteiger partial charge in [0.1, 0.15) is 11.6 Å². The topological polar surface area (TPSA) is 24.9 Å². The first kappa shape index (κ1) is 11.8. The minimum absolute atomic E-state index is 0.148. The van der Waals surface area contributed by atoms with Crippen molar-refractivity contribution in [3.63, 3.8) is 0 Å². The lowest BCUT2D eigenvalue weighted by Gasteiger charge is -2.08. The standard InChI is InChI=1S/C12H9ClF2N2/c13-12-11(2-1-5-16-12)17-7-8-6-9(14)3-4-10(8)15/h1-6,17H,7H2. The third-order valence-corrected chi connectivity index (χ3v) is 2.54. The number of hydrogen-bond acceptors (Lipinski definition) is 2. The molecule has 0 aliphatic heterocycles. The van der Waals surface area contributed by atoms with E-state index in [1.807, 2.05) is 0 Å². The number of nitrogens with one attached hydrogen (secondary N) is 1. The van der Waals surface area contributed by atoms with Gasteiger partial charge in [-0.2, -0.15) is 0 Å². The molecule has 0 unspecified atom stereocenters. The highest BCUT2D eigenvalue weighted by atomic mass is 35.5. The summed E-state index contributed by atoms with van der Waals surface area (Å²) in [7, 11) is 0. The van der Waals surface area contributed by atoms with E-state index in [0.717, 1.165) is 18.2 Å². The molecule has 5 heteroatoms. The fraction of sp³-hybridized carbons (Fsp3) is 0.0833. The van der Waals surface area contributed by atoms with Gasteiger partial charge in [0, 0.05) is 18.3 Å². The fourth-order valence-electron chi connectivity index (χ4n) is 1.39. The van der Waals surface area contributed by atoms with E-state index < -0.39 is 11.6 Å². The maximum Gasteiger partial charge on any atom is 0.152 e. The van der Waals surface area contributed by atoms with Crippen LogP contribution in [0.5, 0.6) is 0 Å². The smallest absolute Gasteiger partial charge is 0.152 e. The molecule has 0 radical (unpaired) electrons. The van der Waals surface area contributed by atoms with Crippen molar-refractivity contribution >= 4 is 17.3 Å². The van der Waals surface area contributed by atoms with Crippen molar-refractivity contribution in [3.8, 4) is 0 Å². The molecule has 1 aromatic carbocycles. The Hall–Kier alpha value is -1.68. The van der Waals surface area contributed by atoms with Crippen LogP contribution < -0.4 is 5.32 Å². The van der Waals surface area contributed by atoms with Gasteiger partial charge in [-0.3, -0.25) is 0 Å². The van der Waals surface area contributed by atoms with E-state index in [9.17, 15) is 8.78 Å². The first-order chi connectivity index (χ1) is 8.16. The van der Waals surface area contributed by atoms with Gasteiger partial charge in [-0.15, -0.1) is 0 Å². The molecule has 0 spiro atoms. The third kappa shape index (κ3) is 2.91. The Morgan fingerprint density at radius 2 is 2.06 bits per heavy atom. The van der Waals surface area contributed by atoms with Crippen molar-refractivity contribution < 1.29 is 8.78 Å². The summed E-state index contributed by atoms with van der Waals surface area (Å²) in [5.41, 5.74) is 0.822. The first-order valence-corrected chi connectivity index (χ1v) is 5.33. The van der Waals surface area contributed by atoms with E-state index >= 15 is 0 Å². The average Bonchev–Trinajstić information content (AvgIpc) is 2.32. The summed E-state index contributed by atoms with van der Waals surface area (Å²) < 4.78 is 26.2. The minimum atomic E-state index is -0.472. The summed E-state index contributed by atoms with van der Waals surface area (Å²) in [6, 6.07) is 6.74. The van der Waals surface area contributed by atoms with Crippen molar-refractivity contribution in [3.05, 3.63) is 58.9 Å². The number of hydrogen-bond donors (Lipinski definition) is 1. The van der Waals surface area contributed by atoms with Crippen molar-refractivity contribution in [1.82, 2.24) is 4.98 Å². The van der Waals surface area contributed by atoms with Crippen LogP contribution in [0, 0.1) is 11.6 Å². The van der Waals surface area contributed by atoms with Gasteiger partial charge in [-0.05, 0) is 30.3 Å². The number of benzene rings is 1. The van der Waals surface area contributed by atoms with Crippen LogP contribution in [-0.4, -0.2) is 4.98 Å². The molecule has 17 heavy (non-hydrogen) atoms. The average molecular weight is 255 g/mol. The van der Waals surface area contributed by atoms with Crippen LogP contribution in [-0.2, 0) is 6.54 Å². The van der Waals surface area contributed by atoms with Crippen LogP contribution in [0.1, 0.15) is 5.56 Å². The highest BCUT2D eigenvalue weighted by Crippen LogP contribution is 2.19. The molecule has 0 amide bonds. The molecule has 0 aliphatic rings. The van der Waals surface area contributed by atoms with Crippen LogP contribution in [0.3, 0.4) is 0 Å². The lowest BCUT2D eigenvalue weighted by atomic mass is 10.2. The Bertz CT molecular complexity index is 532. The SMILES string of the molecule is Fc1ccc(F)c(CNc2cccnc2Cl)c1. The quantitative estimate of drug-likeness (QED) is 0.846. The number of anilines is 1. The lowest BCUT2D eigenvalue weighted by Crippen LogP contribution is -2.03. The van der Waals surface area contributed by atoms with Gasteiger partial charge in [-0.1, -0.05) is 11.6 Å². The first-order valence-electron chi connectivity index (χ1n) is 4.95. The van der Waals surface area contributed by atoms with E-state index in [0.29, 0.717) is 10.8 Å². The normalized spacial score (nSPS) is 10.3. The van der Waals surface area contributed by atoms with Crippen LogP contribution in [0.25, 0.3) is 0 Å². The molecule has 0 aliphatic carbocycles. The predicted octanol–water partition coefficient (Wildman–Crippen LogP) is 3.63. The molecule has 0 bridgehead atoms. The fourth-order valence-corrected chi connectivity index (χ4v) is 1.57. The number of nitrogens with zero attached hydrogens (tertiary/aromatic N) is 1. The third-order valence-electron chi connectivity index (χ3n) is 2.24. The molecular formula is C12H9ClF2N2. The molecule has 0 atom stereocenters. The Morgan fingerprint density at radius 1 is 1.24 bits per heavy atom.